The first kappa shape index (κ1) is 14.0. The largest absolute Gasteiger partial charge is 0.469 e. The number of rotatable bonds is 3. The van der Waals surface area contributed by atoms with Gasteiger partial charge in [0.25, 0.3) is 0 Å². The van der Waals surface area contributed by atoms with Crippen molar-refractivity contribution in [1.82, 2.24) is 4.72 Å². The highest BCUT2D eigenvalue weighted by Crippen LogP contribution is 2.32. The van der Waals surface area contributed by atoms with Gasteiger partial charge in [-0.3, -0.25) is 0 Å². The quantitative estimate of drug-likeness (QED) is 0.946. The fourth-order valence-electron chi connectivity index (χ4n) is 3.58. The summed E-state index contributed by atoms with van der Waals surface area (Å²) in [5.41, 5.74) is 3.44. The maximum atomic E-state index is 12.7. The van der Waals surface area contributed by atoms with Crippen LogP contribution in [0.25, 0.3) is 0 Å². The molecule has 0 bridgehead atoms. The molecule has 1 atom stereocenters. The summed E-state index contributed by atoms with van der Waals surface area (Å²) in [6.45, 7) is 0. The third-order valence-electron chi connectivity index (χ3n) is 4.73. The van der Waals surface area contributed by atoms with Crippen molar-refractivity contribution in [3.8, 4) is 0 Å². The lowest BCUT2D eigenvalue weighted by Gasteiger charge is -2.22. The van der Waals surface area contributed by atoms with Crippen LogP contribution in [0.2, 0.25) is 0 Å². The summed E-state index contributed by atoms with van der Waals surface area (Å²) in [5.74, 6) is 0.910. The number of hydrogen-bond acceptors (Lipinski definition) is 3. The van der Waals surface area contributed by atoms with Crippen LogP contribution in [0.5, 0.6) is 0 Å². The Kier molecular flexibility index (Phi) is 3.35. The van der Waals surface area contributed by atoms with Gasteiger partial charge in [0.15, 0.2) is 0 Å². The summed E-state index contributed by atoms with van der Waals surface area (Å²) in [7, 11) is -3.49. The summed E-state index contributed by atoms with van der Waals surface area (Å²) in [4.78, 5) is 0.378. The van der Waals surface area contributed by atoms with E-state index in [0.29, 0.717) is 4.90 Å². The van der Waals surface area contributed by atoms with Crippen molar-refractivity contribution in [3.63, 3.8) is 0 Å². The first-order chi connectivity index (χ1) is 10.6. The average Bonchev–Trinajstić information content (AvgIpc) is 3.15. The lowest BCUT2D eigenvalue weighted by molar-refractivity contribution is 0.438. The maximum Gasteiger partial charge on any atom is 0.241 e. The van der Waals surface area contributed by atoms with Crippen LogP contribution in [-0.4, -0.2) is 8.42 Å². The van der Waals surface area contributed by atoms with Crippen molar-refractivity contribution < 1.29 is 12.8 Å². The van der Waals surface area contributed by atoms with Crippen LogP contribution in [-0.2, 0) is 29.3 Å². The molecule has 2 aromatic rings. The molecule has 0 spiro atoms. The first-order valence-electron chi connectivity index (χ1n) is 7.84. The Morgan fingerprint density at radius 3 is 2.82 bits per heavy atom. The SMILES string of the molecule is O=S(=O)(N[C@H]1CCCc2occc21)c1ccc2c(c1)CCC2. The van der Waals surface area contributed by atoms with E-state index in [1.54, 1.807) is 12.3 Å². The van der Waals surface area contributed by atoms with E-state index in [9.17, 15) is 8.42 Å². The molecule has 22 heavy (non-hydrogen) atoms. The van der Waals surface area contributed by atoms with Gasteiger partial charge in [0, 0.05) is 12.0 Å². The molecule has 1 aromatic heterocycles. The number of benzene rings is 1. The molecule has 0 amide bonds. The molecule has 0 aliphatic heterocycles. The molecule has 4 rings (SSSR count). The molecule has 0 saturated heterocycles. The normalized spacial score (nSPS) is 20.6. The minimum absolute atomic E-state index is 0.180. The molecular formula is C17H19NO3S. The Hall–Kier alpha value is -1.59. The number of sulfonamides is 1. The van der Waals surface area contributed by atoms with Gasteiger partial charge in [-0.05, 0) is 61.4 Å². The molecular weight excluding hydrogens is 298 g/mol. The average molecular weight is 317 g/mol. The molecule has 1 N–H and O–H groups in total. The van der Waals surface area contributed by atoms with Gasteiger partial charge in [-0.25, -0.2) is 13.1 Å². The van der Waals surface area contributed by atoms with Crippen LogP contribution in [0, 0.1) is 0 Å². The summed E-state index contributed by atoms with van der Waals surface area (Å²) >= 11 is 0. The summed E-state index contributed by atoms with van der Waals surface area (Å²) in [6, 6.07) is 7.22. The van der Waals surface area contributed by atoms with Gasteiger partial charge in [0.05, 0.1) is 17.2 Å². The van der Waals surface area contributed by atoms with E-state index >= 15 is 0 Å². The van der Waals surface area contributed by atoms with Gasteiger partial charge in [-0.15, -0.1) is 0 Å². The van der Waals surface area contributed by atoms with Gasteiger partial charge in [-0.1, -0.05) is 6.07 Å². The maximum absolute atomic E-state index is 12.7. The van der Waals surface area contributed by atoms with Gasteiger partial charge in [0.2, 0.25) is 10.0 Å². The number of fused-ring (bicyclic) bond motifs is 2. The predicted molar refractivity (Wildman–Crippen MR) is 83.2 cm³/mol. The van der Waals surface area contributed by atoms with Crippen molar-refractivity contribution in [2.24, 2.45) is 0 Å². The second-order valence-corrected chi connectivity index (χ2v) is 7.86. The Labute approximate surface area is 130 Å². The van der Waals surface area contributed by atoms with Crippen LogP contribution in [0.4, 0.5) is 0 Å². The van der Waals surface area contributed by atoms with Crippen LogP contribution in [0.1, 0.15) is 47.8 Å². The fraction of sp³-hybridized carbons (Fsp3) is 0.412. The van der Waals surface area contributed by atoms with Gasteiger partial charge in [0.1, 0.15) is 5.76 Å². The fourth-order valence-corrected chi connectivity index (χ4v) is 4.88. The van der Waals surface area contributed by atoms with E-state index < -0.39 is 10.0 Å². The third kappa shape index (κ3) is 2.38. The first-order valence-corrected chi connectivity index (χ1v) is 9.32. The molecule has 0 fully saturated rings. The van der Waals surface area contributed by atoms with Crippen molar-refractivity contribution in [2.75, 3.05) is 0 Å². The van der Waals surface area contributed by atoms with Crippen molar-refractivity contribution in [2.45, 2.75) is 49.5 Å². The van der Waals surface area contributed by atoms with Crippen LogP contribution in [0.15, 0.2) is 39.8 Å². The second kappa shape index (κ2) is 5.25. The molecule has 5 heteroatoms. The van der Waals surface area contributed by atoms with E-state index in [4.69, 9.17) is 4.42 Å². The number of nitrogens with one attached hydrogen (secondary N) is 1. The lowest BCUT2D eigenvalue weighted by atomic mass is 9.94. The van der Waals surface area contributed by atoms with E-state index in [2.05, 4.69) is 4.72 Å². The van der Waals surface area contributed by atoms with Crippen molar-refractivity contribution >= 4 is 10.0 Å². The Morgan fingerprint density at radius 1 is 1.05 bits per heavy atom. The van der Waals surface area contributed by atoms with Crippen molar-refractivity contribution in [1.29, 1.82) is 0 Å². The molecule has 2 aliphatic rings. The molecule has 0 unspecified atom stereocenters. The molecule has 1 aromatic carbocycles. The Morgan fingerprint density at radius 2 is 1.91 bits per heavy atom. The summed E-state index contributed by atoms with van der Waals surface area (Å²) < 4.78 is 33.7. The van der Waals surface area contributed by atoms with E-state index in [1.807, 2.05) is 18.2 Å². The Bertz CT molecular complexity index is 807. The second-order valence-electron chi connectivity index (χ2n) is 6.15. The summed E-state index contributed by atoms with van der Waals surface area (Å²) in [5, 5.41) is 0. The van der Waals surface area contributed by atoms with Gasteiger partial charge >= 0.3 is 0 Å². The molecule has 116 valence electrons. The number of hydrogen-bond donors (Lipinski definition) is 1. The monoisotopic (exact) mass is 317 g/mol. The van der Waals surface area contributed by atoms with Crippen molar-refractivity contribution in [3.05, 3.63) is 53.0 Å². The number of aryl methyl sites for hydroxylation is 3. The standard InChI is InChI=1S/C17H19NO3S/c19-22(20,14-8-7-12-3-1-4-13(12)11-14)18-16-5-2-6-17-15(16)9-10-21-17/h7-11,16,18H,1-6H2/t16-/m0/s1. The molecule has 2 aliphatic carbocycles. The highest BCUT2D eigenvalue weighted by atomic mass is 32.2. The highest BCUT2D eigenvalue weighted by molar-refractivity contribution is 7.89. The zero-order chi connectivity index (χ0) is 15.2. The van der Waals surface area contributed by atoms with Gasteiger partial charge in [-0.2, -0.15) is 0 Å². The lowest BCUT2D eigenvalue weighted by Crippen LogP contribution is -2.30. The molecule has 0 saturated carbocycles. The smallest absolute Gasteiger partial charge is 0.241 e. The van der Waals surface area contributed by atoms with E-state index in [0.717, 1.165) is 49.8 Å². The molecule has 4 nitrogen and oxygen atoms in total. The van der Waals surface area contributed by atoms with E-state index in [-0.39, 0.29) is 6.04 Å². The zero-order valence-corrected chi connectivity index (χ0v) is 13.2. The number of furan rings is 1. The summed E-state index contributed by atoms with van der Waals surface area (Å²) in [6.07, 6.45) is 7.45. The zero-order valence-electron chi connectivity index (χ0n) is 12.3. The van der Waals surface area contributed by atoms with Crippen LogP contribution >= 0.6 is 0 Å². The molecule has 1 heterocycles. The highest BCUT2D eigenvalue weighted by Gasteiger charge is 2.28. The van der Waals surface area contributed by atoms with Crippen LogP contribution in [0.3, 0.4) is 0 Å². The Balaban J connectivity index is 1.63. The van der Waals surface area contributed by atoms with Gasteiger partial charge < -0.3 is 4.42 Å². The predicted octanol–water partition coefficient (Wildman–Crippen LogP) is 3.12. The minimum Gasteiger partial charge on any atom is -0.469 e. The minimum atomic E-state index is -3.49. The van der Waals surface area contributed by atoms with Crippen LogP contribution < -0.4 is 4.72 Å². The topological polar surface area (TPSA) is 59.3 Å². The molecule has 0 radical (unpaired) electrons. The third-order valence-corrected chi connectivity index (χ3v) is 6.20. The van der Waals surface area contributed by atoms with E-state index in [1.165, 1.54) is 11.1 Å².